The van der Waals surface area contributed by atoms with Crippen molar-refractivity contribution in [3.05, 3.63) is 97.2 Å². The predicted octanol–water partition coefficient (Wildman–Crippen LogP) is 19.7. The normalized spacial score (nSPS) is 12.8. The molecule has 0 radical (unpaired) electrons. The first-order valence-corrected chi connectivity index (χ1v) is 29.2. The fourth-order valence-electron chi connectivity index (χ4n) is 7.91. The Morgan fingerprint density at radius 1 is 0.300 bits per heavy atom. The molecule has 0 bridgehead atoms. The standard InChI is InChI=1S/C64H108O6/c1-4-7-10-13-16-19-22-25-28-31-34-36-39-42-45-48-51-54-57-63(66)69-60-61(70-64(67)58-55-52-49-46-43-40-37-33-30-27-24-21-18-15-12-9-6-3)59-68-62(65)56-53-50-47-44-41-38-35-32-29-26-23-20-17-14-11-8-5-2/h9,12,18-19,21-22,26-31,37,40,46,49,61H,4-8,10-11,13-17,20,23-25,32-36,38-39,41-45,47-48,50-60H2,1-3H3/b12-9-,21-18-,22-19-,29-26-,30-27-,31-28-,40-37-,49-46-. The maximum Gasteiger partial charge on any atom is 0.306 e. The van der Waals surface area contributed by atoms with Gasteiger partial charge in [-0.2, -0.15) is 0 Å². The van der Waals surface area contributed by atoms with Crippen molar-refractivity contribution in [1.29, 1.82) is 0 Å². The van der Waals surface area contributed by atoms with E-state index < -0.39 is 6.10 Å². The largest absolute Gasteiger partial charge is 0.462 e. The fraction of sp³-hybridized carbons (Fsp3) is 0.703. The molecule has 1 unspecified atom stereocenters. The van der Waals surface area contributed by atoms with Crippen LogP contribution in [-0.4, -0.2) is 37.2 Å². The van der Waals surface area contributed by atoms with Crippen molar-refractivity contribution < 1.29 is 28.6 Å². The van der Waals surface area contributed by atoms with Gasteiger partial charge < -0.3 is 14.2 Å². The van der Waals surface area contributed by atoms with Crippen molar-refractivity contribution in [3.63, 3.8) is 0 Å². The monoisotopic (exact) mass is 973 g/mol. The number of hydrogen-bond acceptors (Lipinski definition) is 6. The Bertz CT molecular complexity index is 1400. The van der Waals surface area contributed by atoms with Crippen molar-refractivity contribution >= 4 is 17.9 Å². The number of rotatable bonds is 52. The third-order valence-electron chi connectivity index (χ3n) is 12.3. The minimum atomic E-state index is -0.814. The van der Waals surface area contributed by atoms with Crippen LogP contribution in [0.5, 0.6) is 0 Å². The van der Waals surface area contributed by atoms with Crippen LogP contribution >= 0.6 is 0 Å². The topological polar surface area (TPSA) is 78.9 Å². The van der Waals surface area contributed by atoms with Gasteiger partial charge in [0.15, 0.2) is 6.10 Å². The van der Waals surface area contributed by atoms with Crippen LogP contribution in [0.15, 0.2) is 97.2 Å². The van der Waals surface area contributed by atoms with Gasteiger partial charge in [-0.1, -0.05) is 234 Å². The molecule has 0 aliphatic carbocycles. The molecule has 0 rings (SSSR count). The number of carbonyl (C=O) groups is 3. The second-order valence-electron chi connectivity index (χ2n) is 19.2. The van der Waals surface area contributed by atoms with Gasteiger partial charge in [-0.05, 0) is 116 Å². The van der Waals surface area contributed by atoms with Crippen LogP contribution in [0, 0.1) is 0 Å². The molecule has 70 heavy (non-hydrogen) atoms. The molecular weight excluding hydrogens is 865 g/mol. The summed E-state index contributed by atoms with van der Waals surface area (Å²) in [5.74, 6) is -0.972. The number of hydrogen-bond donors (Lipinski definition) is 0. The number of ether oxygens (including phenoxy) is 3. The third-order valence-corrected chi connectivity index (χ3v) is 12.3. The lowest BCUT2D eigenvalue weighted by Gasteiger charge is -2.18. The average Bonchev–Trinajstić information content (AvgIpc) is 3.36. The van der Waals surface area contributed by atoms with Crippen LogP contribution in [0.3, 0.4) is 0 Å². The quantitative estimate of drug-likeness (QED) is 0.0262. The highest BCUT2D eigenvalue weighted by molar-refractivity contribution is 5.71. The molecule has 0 N–H and O–H groups in total. The first-order valence-electron chi connectivity index (χ1n) is 29.2. The summed E-state index contributed by atoms with van der Waals surface area (Å²) in [6, 6.07) is 0. The molecule has 0 aromatic rings. The Morgan fingerprint density at radius 3 is 0.943 bits per heavy atom. The first kappa shape index (κ1) is 66.3. The summed E-state index contributed by atoms with van der Waals surface area (Å²) in [5, 5.41) is 0. The zero-order valence-electron chi connectivity index (χ0n) is 45.8. The predicted molar refractivity (Wildman–Crippen MR) is 302 cm³/mol. The summed E-state index contributed by atoms with van der Waals surface area (Å²) >= 11 is 0. The van der Waals surface area contributed by atoms with Crippen molar-refractivity contribution in [2.45, 2.75) is 277 Å². The second-order valence-corrected chi connectivity index (χ2v) is 19.2. The van der Waals surface area contributed by atoms with Crippen LogP contribution in [0.25, 0.3) is 0 Å². The summed E-state index contributed by atoms with van der Waals surface area (Å²) in [6.07, 6.45) is 76.8. The Morgan fingerprint density at radius 2 is 0.571 bits per heavy atom. The molecule has 0 heterocycles. The van der Waals surface area contributed by atoms with Crippen LogP contribution < -0.4 is 0 Å². The molecule has 400 valence electrons. The zero-order valence-corrected chi connectivity index (χ0v) is 45.8. The minimum Gasteiger partial charge on any atom is -0.462 e. The highest BCUT2D eigenvalue weighted by atomic mass is 16.6. The zero-order chi connectivity index (χ0) is 50.7. The van der Waals surface area contributed by atoms with E-state index in [1.807, 2.05) is 0 Å². The SMILES string of the molecule is CC/C=C\C/C=C\C/C=C\C/C=C\C/C=C\CCCC(=O)OC(COC(=O)CCCCCCCCC/C=C\C/C=C\CCCCCC)COC(=O)CCCCCCCCC/C=C\CCCCCCCC. The van der Waals surface area contributed by atoms with Gasteiger partial charge in [-0.15, -0.1) is 0 Å². The first-order chi connectivity index (χ1) is 34.5. The molecule has 0 aromatic carbocycles. The molecular formula is C64H108O6. The number of esters is 3. The number of unbranched alkanes of at least 4 members (excludes halogenated alkanes) is 25. The van der Waals surface area contributed by atoms with E-state index in [2.05, 4.69) is 118 Å². The maximum atomic E-state index is 12.8. The molecule has 6 nitrogen and oxygen atoms in total. The van der Waals surface area contributed by atoms with Crippen molar-refractivity contribution in [3.8, 4) is 0 Å². The minimum absolute atomic E-state index is 0.105. The van der Waals surface area contributed by atoms with Gasteiger partial charge in [-0.25, -0.2) is 0 Å². The third kappa shape index (κ3) is 55.3. The van der Waals surface area contributed by atoms with Crippen LogP contribution in [0.1, 0.15) is 271 Å². The van der Waals surface area contributed by atoms with Crippen LogP contribution in [0.2, 0.25) is 0 Å². The molecule has 1 atom stereocenters. The van der Waals surface area contributed by atoms with Crippen LogP contribution in [0.4, 0.5) is 0 Å². The summed E-state index contributed by atoms with van der Waals surface area (Å²) in [6.45, 7) is 6.46. The molecule has 0 amide bonds. The van der Waals surface area contributed by atoms with E-state index in [1.165, 1.54) is 135 Å². The smallest absolute Gasteiger partial charge is 0.306 e. The highest BCUT2D eigenvalue weighted by Crippen LogP contribution is 2.14. The average molecular weight is 974 g/mol. The lowest BCUT2D eigenvalue weighted by Crippen LogP contribution is -2.30. The van der Waals surface area contributed by atoms with Gasteiger partial charge in [0.25, 0.3) is 0 Å². The maximum absolute atomic E-state index is 12.8. The van der Waals surface area contributed by atoms with E-state index in [-0.39, 0.29) is 37.5 Å². The van der Waals surface area contributed by atoms with Gasteiger partial charge in [0.05, 0.1) is 0 Å². The molecule has 0 spiro atoms. The lowest BCUT2D eigenvalue weighted by molar-refractivity contribution is -0.167. The Labute approximate surface area is 432 Å². The summed E-state index contributed by atoms with van der Waals surface area (Å²) in [7, 11) is 0. The Hall–Kier alpha value is -3.67. The Kier molecular flexibility index (Phi) is 54.9. The summed E-state index contributed by atoms with van der Waals surface area (Å²) in [5.41, 5.74) is 0. The van der Waals surface area contributed by atoms with Gasteiger partial charge in [0, 0.05) is 19.3 Å². The van der Waals surface area contributed by atoms with Gasteiger partial charge in [0.2, 0.25) is 0 Å². The van der Waals surface area contributed by atoms with Gasteiger partial charge in [0.1, 0.15) is 13.2 Å². The van der Waals surface area contributed by atoms with Crippen molar-refractivity contribution in [2.24, 2.45) is 0 Å². The Balaban J connectivity index is 4.49. The van der Waals surface area contributed by atoms with Crippen LogP contribution in [-0.2, 0) is 28.6 Å². The van der Waals surface area contributed by atoms with Gasteiger partial charge >= 0.3 is 17.9 Å². The molecule has 0 aliphatic rings. The van der Waals surface area contributed by atoms with E-state index in [1.54, 1.807) is 0 Å². The molecule has 0 saturated carbocycles. The summed E-state index contributed by atoms with van der Waals surface area (Å²) in [4.78, 5) is 38.2. The van der Waals surface area contributed by atoms with E-state index in [4.69, 9.17) is 14.2 Å². The van der Waals surface area contributed by atoms with Crippen molar-refractivity contribution in [1.82, 2.24) is 0 Å². The second kappa shape index (κ2) is 57.9. The molecule has 0 aliphatic heterocycles. The number of carbonyl (C=O) groups excluding carboxylic acids is 3. The highest BCUT2D eigenvalue weighted by Gasteiger charge is 2.19. The molecule has 6 heteroatoms. The summed E-state index contributed by atoms with van der Waals surface area (Å²) < 4.78 is 16.8. The molecule has 0 saturated heterocycles. The van der Waals surface area contributed by atoms with E-state index in [9.17, 15) is 14.4 Å². The molecule has 0 fully saturated rings. The number of allylic oxidation sites excluding steroid dienone is 16. The van der Waals surface area contributed by atoms with E-state index in [0.717, 1.165) is 89.9 Å². The molecule has 0 aromatic heterocycles. The fourth-order valence-corrected chi connectivity index (χ4v) is 7.91. The van der Waals surface area contributed by atoms with Crippen molar-refractivity contribution in [2.75, 3.05) is 13.2 Å². The van der Waals surface area contributed by atoms with E-state index >= 15 is 0 Å². The lowest BCUT2D eigenvalue weighted by atomic mass is 10.1. The van der Waals surface area contributed by atoms with Gasteiger partial charge in [-0.3, -0.25) is 14.4 Å². The van der Waals surface area contributed by atoms with E-state index in [0.29, 0.717) is 19.3 Å².